The van der Waals surface area contributed by atoms with Gasteiger partial charge in [-0.1, -0.05) is 25.5 Å². The third kappa shape index (κ3) is 4.74. The molecule has 1 aromatic carbocycles. The van der Waals surface area contributed by atoms with Gasteiger partial charge in [0, 0.05) is 25.2 Å². The van der Waals surface area contributed by atoms with E-state index in [0.29, 0.717) is 5.56 Å². The fourth-order valence-electron chi connectivity index (χ4n) is 3.36. The zero-order valence-electron chi connectivity index (χ0n) is 16.1. The van der Waals surface area contributed by atoms with E-state index in [-0.39, 0.29) is 5.91 Å². The van der Waals surface area contributed by atoms with Gasteiger partial charge < -0.3 is 9.80 Å². The molecule has 0 atom stereocenters. The first kappa shape index (κ1) is 19.5. The van der Waals surface area contributed by atoms with Crippen molar-refractivity contribution in [3.63, 3.8) is 0 Å². The van der Waals surface area contributed by atoms with Gasteiger partial charge in [0.15, 0.2) is 0 Å². The van der Waals surface area contributed by atoms with Crippen LogP contribution in [0.2, 0.25) is 0 Å². The number of hydrogen-bond acceptors (Lipinski definition) is 5. The van der Waals surface area contributed by atoms with Crippen molar-refractivity contribution in [2.24, 2.45) is 0 Å². The van der Waals surface area contributed by atoms with E-state index in [0.717, 1.165) is 60.3 Å². The minimum atomic E-state index is 0.0880. The number of nitrogens with zero attached hydrogens (tertiary/aromatic N) is 4. The number of unbranched alkanes of at least 4 members (excludes halogenated alkanes) is 1. The number of aryl methyl sites for hydroxylation is 1. The van der Waals surface area contributed by atoms with Crippen molar-refractivity contribution < 1.29 is 4.79 Å². The second-order valence-electron chi connectivity index (χ2n) is 6.97. The molecule has 2 heterocycles. The summed E-state index contributed by atoms with van der Waals surface area (Å²) in [5.74, 6) is 0.0880. The molecule has 0 aliphatic carbocycles. The van der Waals surface area contributed by atoms with Gasteiger partial charge in [0.05, 0.1) is 17.3 Å². The van der Waals surface area contributed by atoms with Crippen molar-refractivity contribution in [2.75, 3.05) is 32.7 Å². The van der Waals surface area contributed by atoms with Crippen molar-refractivity contribution in [3.05, 3.63) is 40.4 Å². The van der Waals surface area contributed by atoms with Crippen LogP contribution in [0.5, 0.6) is 0 Å². The van der Waals surface area contributed by atoms with Crippen molar-refractivity contribution in [1.29, 1.82) is 5.26 Å². The SMILES string of the molecule is CCCCN1CCCN(C(=O)c2sc(-c3cccc(C#N)c3)nc2C)CC1. The molecule has 0 bridgehead atoms. The number of aromatic nitrogens is 1. The molecule has 0 saturated carbocycles. The normalized spacial score (nSPS) is 15.4. The molecule has 2 aromatic rings. The Hall–Kier alpha value is -2.23. The van der Waals surface area contributed by atoms with Crippen molar-refractivity contribution in [2.45, 2.75) is 33.1 Å². The molecule has 1 saturated heterocycles. The summed E-state index contributed by atoms with van der Waals surface area (Å²) in [7, 11) is 0. The van der Waals surface area contributed by atoms with E-state index in [1.54, 1.807) is 6.07 Å². The first-order chi connectivity index (χ1) is 13.1. The highest BCUT2D eigenvalue weighted by molar-refractivity contribution is 7.17. The predicted molar refractivity (Wildman–Crippen MR) is 109 cm³/mol. The summed E-state index contributed by atoms with van der Waals surface area (Å²) in [5.41, 5.74) is 2.27. The highest BCUT2D eigenvalue weighted by atomic mass is 32.1. The molecular weight excluding hydrogens is 356 g/mol. The quantitative estimate of drug-likeness (QED) is 0.786. The molecule has 0 unspecified atom stereocenters. The van der Waals surface area contributed by atoms with Crippen LogP contribution in [0.25, 0.3) is 10.6 Å². The van der Waals surface area contributed by atoms with Crippen LogP contribution >= 0.6 is 11.3 Å². The lowest BCUT2D eigenvalue weighted by Gasteiger charge is -2.21. The number of benzene rings is 1. The maximum atomic E-state index is 13.1. The van der Waals surface area contributed by atoms with Gasteiger partial charge in [0.25, 0.3) is 5.91 Å². The lowest BCUT2D eigenvalue weighted by atomic mass is 10.1. The Kier molecular flexibility index (Phi) is 6.59. The van der Waals surface area contributed by atoms with Crippen LogP contribution < -0.4 is 0 Å². The fourth-order valence-corrected chi connectivity index (χ4v) is 4.39. The molecule has 1 fully saturated rings. The molecule has 1 amide bonds. The zero-order valence-corrected chi connectivity index (χ0v) is 16.9. The average molecular weight is 383 g/mol. The number of carbonyl (C=O) groups is 1. The van der Waals surface area contributed by atoms with Gasteiger partial charge in [-0.15, -0.1) is 11.3 Å². The molecule has 27 heavy (non-hydrogen) atoms. The Balaban J connectivity index is 1.73. The smallest absolute Gasteiger partial charge is 0.265 e. The first-order valence-corrected chi connectivity index (χ1v) is 10.4. The van der Waals surface area contributed by atoms with Crippen molar-refractivity contribution in [1.82, 2.24) is 14.8 Å². The lowest BCUT2D eigenvalue weighted by molar-refractivity contribution is 0.0765. The van der Waals surface area contributed by atoms with Gasteiger partial charge in [-0.05, 0) is 45.0 Å². The summed E-state index contributed by atoms with van der Waals surface area (Å²) in [5, 5.41) is 9.90. The number of amides is 1. The van der Waals surface area contributed by atoms with Gasteiger partial charge in [0.2, 0.25) is 0 Å². The van der Waals surface area contributed by atoms with Crippen LogP contribution in [0.3, 0.4) is 0 Å². The second-order valence-corrected chi connectivity index (χ2v) is 7.97. The number of nitriles is 1. The third-order valence-corrected chi connectivity index (χ3v) is 6.13. The third-order valence-electron chi connectivity index (χ3n) is 4.93. The molecular formula is C21H26N4OS. The fraction of sp³-hybridized carbons (Fsp3) is 0.476. The topological polar surface area (TPSA) is 60.2 Å². The number of carbonyl (C=O) groups excluding carboxylic acids is 1. The van der Waals surface area contributed by atoms with E-state index in [9.17, 15) is 4.79 Å². The maximum Gasteiger partial charge on any atom is 0.265 e. The van der Waals surface area contributed by atoms with Gasteiger partial charge in [-0.3, -0.25) is 4.79 Å². The molecule has 142 valence electrons. The molecule has 5 nitrogen and oxygen atoms in total. The number of thiazole rings is 1. The highest BCUT2D eigenvalue weighted by Crippen LogP contribution is 2.29. The summed E-state index contributed by atoms with van der Waals surface area (Å²) in [6, 6.07) is 9.54. The molecule has 0 spiro atoms. The van der Waals surface area contributed by atoms with Crippen LogP contribution in [0.15, 0.2) is 24.3 Å². The standard InChI is InChI=1S/C21H26N4OS/c1-3-4-9-24-10-6-11-25(13-12-24)21(26)19-16(2)23-20(27-19)18-8-5-7-17(14-18)15-22/h5,7-8,14H,3-4,6,9-13H2,1-2H3. The minimum absolute atomic E-state index is 0.0880. The van der Waals surface area contributed by atoms with Gasteiger partial charge in [0.1, 0.15) is 9.88 Å². The van der Waals surface area contributed by atoms with Crippen LogP contribution in [-0.2, 0) is 0 Å². The summed E-state index contributed by atoms with van der Waals surface area (Å²) < 4.78 is 0. The van der Waals surface area contributed by atoms with Crippen LogP contribution in [-0.4, -0.2) is 53.4 Å². The molecule has 1 aromatic heterocycles. The Morgan fingerprint density at radius 2 is 2.15 bits per heavy atom. The van der Waals surface area contributed by atoms with E-state index in [4.69, 9.17) is 5.26 Å². The molecule has 3 rings (SSSR count). The van der Waals surface area contributed by atoms with E-state index >= 15 is 0 Å². The largest absolute Gasteiger partial charge is 0.337 e. The second kappa shape index (κ2) is 9.12. The molecule has 1 aliphatic heterocycles. The Morgan fingerprint density at radius 1 is 1.30 bits per heavy atom. The van der Waals surface area contributed by atoms with E-state index in [1.807, 2.05) is 30.0 Å². The van der Waals surface area contributed by atoms with Crippen molar-refractivity contribution >= 4 is 17.2 Å². The molecule has 6 heteroatoms. The summed E-state index contributed by atoms with van der Waals surface area (Å²) in [6.07, 6.45) is 3.44. The van der Waals surface area contributed by atoms with E-state index < -0.39 is 0 Å². The predicted octanol–water partition coefficient (Wildman–Crippen LogP) is 3.94. The number of hydrogen-bond donors (Lipinski definition) is 0. The Morgan fingerprint density at radius 3 is 2.93 bits per heavy atom. The van der Waals surface area contributed by atoms with E-state index in [2.05, 4.69) is 22.9 Å². The molecule has 1 aliphatic rings. The first-order valence-electron chi connectivity index (χ1n) is 9.62. The average Bonchev–Trinajstić information content (AvgIpc) is 2.93. The summed E-state index contributed by atoms with van der Waals surface area (Å²) in [6.45, 7) is 8.82. The van der Waals surface area contributed by atoms with Gasteiger partial charge in [-0.25, -0.2) is 4.98 Å². The number of rotatable bonds is 5. The van der Waals surface area contributed by atoms with Crippen molar-refractivity contribution in [3.8, 4) is 16.6 Å². The summed E-state index contributed by atoms with van der Waals surface area (Å²) >= 11 is 1.43. The maximum absolute atomic E-state index is 13.1. The molecule has 0 radical (unpaired) electrons. The van der Waals surface area contributed by atoms with Crippen LogP contribution in [0.1, 0.15) is 47.1 Å². The summed E-state index contributed by atoms with van der Waals surface area (Å²) in [4.78, 5) is 22.8. The molecule has 0 N–H and O–H groups in total. The highest BCUT2D eigenvalue weighted by Gasteiger charge is 2.24. The van der Waals surface area contributed by atoms with Gasteiger partial charge in [-0.2, -0.15) is 5.26 Å². The Labute approximate surface area is 165 Å². The zero-order chi connectivity index (χ0) is 19.2. The lowest BCUT2D eigenvalue weighted by Crippen LogP contribution is -2.35. The van der Waals surface area contributed by atoms with E-state index in [1.165, 1.54) is 24.2 Å². The minimum Gasteiger partial charge on any atom is -0.337 e. The van der Waals surface area contributed by atoms with Gasteiger partial charge >= 0.3 is 0 Å². The Bertz CT molecular complexity index is 839. The van der Waals surface area contributed by atoms with Crippen LogP contribution in [0.4, 0.5) is 0 Å². The monoisotopic (exact) mass is 382 g/mol. The van der Waals surface area contributed by atoms with Crippen LogP contribution in [0, 0.1) is 18.3 Å².